The molecule has 1 fully saturated rings. The Labute approximate surface area is 186 Å². The maximum Gasteiger partial charge on any atom is 0.417 e. The first-order chi connectivity index (χ1) is 15.2. The van der Waals surface area contributed by atoms with Gasteiger partial charge in [-0.3, -0.25) is 14.5 Å². The van der Waals surface area contributed by atoms with Gasteiger partial charge >= 0.3 is 6.18 Å². The molecule has 5 nitrogen and oxygen atoms in total. The molecule has 1 aliphatic rings. The monoisotopic (exact) mass is 447 g/mol. The predicted molar refractivity (Wildman–Crippen MR) is 116 cm³/mol. The van der Waals surface area contributed by atoms with Crippen molar-refractivity contribution in [1.29, 1.82) is 0 Å². The molecule has 2 aromatic rings. The van der Waals surface area contributed by atoms with Crippen LogP contribution in [0.3, 0.4) is 0 Å². The minimum atomic E-state index is -4.60. The fraction of sp³-hybridized carbons (Fsp3) is 0.417. The molecule has 0 saturated carbocycles. The Morgan fingerprint density at radius 1 is 0.844 bits per heavy atom. The average molecular weight is 448 g/mol. The molecule has 0 radical (unpaired) electrons. The van der Waals surface area contributed by atoms with Crippen molar-refractivity contribution >= 4 is 11.8 Å². The van der Waals surface area contributed by atoms with Crippen molar-refractivity contribution in [1.82, 2.24) is 14.7 Å². The third-order valence-corrected chi connectivity index (χ3v) is 5.82. The maximum atomic E-state index is 13.2. The van der Waals surface area contributed by atoms with Crippen LogP contribution in [-0.4, -0.2) is 65.8 Å². The summed E-state index contributed by atoms with van der Waals surface area (Å²) in [5, 5.41) is 0. The van der Waals surface area contributed by atoms with Crippen LogP contribution >= 0.6 is 0 Å². The summed E-state index contributed by atoms with van der Waals surface area (Å²) in [4.78, 5) is 30.8. The third-order valence-electron chi connectivity index (χ3n) is 5.82. The molecule has 2 amide bonds. The second-order valence-electron chi connectivity index (χ2n) is 7.79. The molecule has 2 aromatic carbocycles. The number of carbonyl (C=O) groups excluding carboxylic acids is 2. The van der Waals surface area contributed by atoms with Crippen LogP contribution in [0.5, 0.6) is 0 Å². The van der Waals surface area contributed by atoms with Gasteiger partial charge in [-0.25, -0.2) is 0 Å². The molecule has 8 heteroatoms. The molecule has 32 heavy (non-hydrogen) atoms. The van der Waals surface area contributed by atoms with E-state index in [0.29, 0.717) is 5.56 Å². The Balaban J connectivity index is 1.61. The summed E-state index contributed by atoms with van der Waals surface area (Å²) in [5.74, 6) is -0.798. The molecular weight excluding hydrogens is 419 g/mol. The van der Waals surface area contributed by atoms with Crippen molar-refractivity contribution in [2.45, 2.75) is 26.6 Å². The highest BCUT2D eigenvalue weighted by atomic mass is 19.4. The predicted octanol–water partition coefficient (Wildman–Crippen LogP) is 4.15. The number of hydrogen-bond acceptors (Lipinski definition) is 3. The van der Waals surface area contributed by atoms with Crippen LogP contribution < -0.4 is 0 Å². The number of rotatable bonds is 6. The van der Waals surface area contributed by atoms with Crippen LogP contribution in [0.25, 0.3) is 0 Å². The molecule has 0 spiro atoms. The quantitative estimate of drug-likeness (QED) is 0.669. The highest BCUT2D eigenvalue weighted by molar-refractivity contribution is 5.97. The van der Waals surface area contributed by atoms with E-state index in [4.69, 9.17) is 0 Å². The van der Waals surface area contributed by atoms with E-state index in [9.17, 15) is 22.8 Å². The fourth-order valence-electron chi connectivity index (χ4n) is 3.84. The van der Waals surface area contributed by atoms with Gasteiger partial charge in [0.1, 0.15) is 0 Å². The first kappa shape index (κ1) is 23.8. The van der Waals surface area contributed by atoms with Crippen molar-refractivity contribution in [2.75, 3.05) is 39.3 Å². The Kier molecular flexibility index (Phi) is 7.56. The normalized spacial score (nSPS) is 14.7. The van der Waals surface area contributed by atoms with Gasteiger partial charge in [-0.15, -0.1) is 0 Å². The van der Waals surface area contributed by atoms with Crippen LogP contribution in [0.1, 0.15) is 45.7 Å². The molecule has 0 atom stereocenters. The van der Waals surface area contributed by atoms with Gasteiger partial charge in [-0.05, 0) is 42.9 Å². The summed E-state index contributed by atoms with van der Waals surface area (Å²) in [6, 6.07) is 12.3. The lowest BCUT2D eigenvalue weighted by molar-refractivity contribution is -0.138. The van der Waals surface area contributed by atoms with Gasteiger partial charge in [-0.1, -0.05) is 38.1 Å². The van der Waals surface area contributed by atoms with Crippen molar-refractivity contribution in [3.63, 3.8) is 0 Å². The third kappa shape index (κ3) is 5.48. The SMILES string of the molecule is CCN(CC)Cc1ccc(C(=O)N2CCN(C(=O)c3ccccc3C(F)(F)F)CC2)cc1. The summed E-state index contributed by atoms with van der Waals surface area (Å²) in [5.41, 5.74) is 0.399. The van der Waals surface area contributed by atoms with E-state index in [1.165, 1.54) is 23.1 Å². The molecule has 1 aliphatic heterocycles. The minimum Gasteiger partial charge on any atom is -0.335 e. The lowest BCUT2D eigenvalue weighted by atomic mass is 10.1. The van der Waals surface area contributed by atoms with Gasteiger partial charge in [-0.2, -0.15) is 13.2 Å². The molecule has 0 aliphatic carbocycles. The number of alkyl halides is 3. The van der Waals surface area contributed by atoms with Crippen molar-refractivity contribution in [3.8, 4) is 0 Å². The zero-order valence-electron chi connectivity index (χ0n) is 18.4. The van der Waals surface area contributed by atoms with Crippen LogP contribution in [0.4, 0.5) is 13.2 Å². The number of nitrogens with zero attached hydrogens (tertiary/aromatic N) is 3. The topological polar surface area (TPSA) is 43.9 Å². The standard InChI is InChI=1S/C24H28F3N3O2/c1-3-28(4-2)17-18-9-11-19(12-10-18)22(31)29-13-15-30(16-14-29)23(32)20-7-5-6-8-21(20)24(25,26)27/h5-12H,3-4,13-17H2,1-2H3. The Hall–Kier alpha value is -2.87. The van der Waals surface area contributed by atoms with E-state index in [1.54, 1.807) is 17.0 Å². The lowest BCUT2D eigenvalue weighted by Gasteiger charge is -2.35. The Morgan fingerprint density at radius 2 is 1.38 bits per heavy atom. The van der Waals surface area contributed by atoms with E-state index in [1.807, 2.05) is 12.1 Å². The first-order valence-corrected chi connectivity index (χ1v) is 10.8. The number of benzene rings is 2. The zero-order chi connectivity index (χ0) is 23.3. The van der Waals surface area contributed by atoms with E-state index < -0.39 is 17.6 Å². The smallest absolute Gasteiger partial charge is 0.335 e. The number of hydrogen-bond donors (Lipinski definition) is 0. The van der Waals surface area contributed by atoms with Crippen LogP contribution in [0.2, 0.25) is 0 Å². The van der Waals surface area contributed by atoms with Gasteiger partial charge in [0.05, 0.1) is 11.1 Å². The highest BCUT2D eigenvalue weighted by Crippen LogP contribution is 2.32. The second kappa shape index (κ2) is 10.2. The van der Waals surface area contributed by atoms with Crippen LogP contribution in [-0.2, 0) is 12.7 Å². The molecule has 0 aromatic heterocycles. The fourth-order valence-corrected chi connectivity index (χ4v) is 3.84. The number of piperazine rings is 1. The highest BCUT2D eigenvalue weighted by Gasteiger charge is 2.36. The molecule has 1 saturated heterocycles. The van der Waals surface area contributed by atoms with E-state index in [-0.39, 0.29) is 37.6 Å². The summed E-state index contributed by atoms with van der Waals surface area (Å²) >= 11 is 0. The van der Waals surface area contributed by atoms with E-state index in [0.717, 1.165) is 31.3 Å². The molecule has 172 valence electrons. The Bertz CT molecular complexity index is 932. The number of amides is 2. The largest absolute Gasteiger partial charge is 0.417 e. The Morgan fingerprint density at radius 3 is 1.91 bits per heavy atom. The zero-order valence-corrected chi connectivity index (χ0v) is 18.4. The molecule has 0 N–H and O–H groups in total. The van der Waals surface area contributed by atoms with Crippen molar-refractivity contribution in [3.05, 3.63) is 70.8 Å². The molecule has 0 unspecified atom stereocenters. The summed E-state index contributed by atoms with van der Waals surface area (Å²) in [6.45, 7) is 7.87. The van der Waals surface area contributed by atoms with Crippen molar-refractivity contribution < 1.29 is 22.8 Å². The molecule has 1 heterocycles. The van der Waals surface area contributed by atoms with Gasteiger partial charge < -0.3 is 9.80 Å². The van der Waals surface area contributed by atoms with Gasteiger partial charge in [0.15, 0.2) is 0 Å². The summed E-state index contributed by atoms with van der Waals surface area (Å²) in [6.07, 6.45) is -4.60. The minimum absolute atomic E-state index is 0.137. The van der Waals surface area contributed by atoms with Crippen LogP contribution in [0, 0.1) is 0 Å². The van der Waals surface area contributed by atoms with Gasteiger partial charge in [0.25, 0.3) is 11.8 Å². The number of carbonyl (C=O) groups is 2. The summed E-state index contributed by atoms with van der Waals surface area (Å²) < 4.78 is 39.7. The first-order valence-electron chi connectivity index (χ1n) is 10.8. The molecule has 0 bridgehead atoms. The van der Waals surface area contributed by atoms with Crippen molar-refractivity contribution in [2.24, 2.45) is 0 Å². The lowest BCUT2D eigenvalue weighted by Crippen LogP contribution is -2.50. The average Bonchev–Trinajstić information content (AvgIpc) is 2.81. The van der Waals surface area contributed by atoms with Crippen LogP contribution in [0.15, 0.2) is 48.5 Å². The summed E-state index contributed by atoms with van der Waals surface area (Å²) in [7, 11) is 0. The van der Waals surface area contributed by atoms with E-state index >= 15 is 0 Å². The maximum absolute atomic E-state index is 13.2. The molecule has 3 rings (SSSR count). The van der Waals surface area contributed by atoms with E-state index in [2.05, 4.69) is 18.7 Å². The molecular formula is C24H28F3N3O2. The van der Waals surface area contributed by atoms with Gasteiger partial charge in [0.2, 0.25) is 0 Å². The van der Waals surface area contributed by atoms with Gasteiger partial charge in [0, 0.05) is 38.3 Å². The second-order valence-corrected chi connectivity index (χ2v) is 7.79. The number of halogens is 3.